The van der Waals surface area contributed by atoms with Crippen molar-refractivity contribution in [2.24, 2.45) is 5.92 Å². The summed E-state index contributed by atoms with van der Waals surface area (Å²) in [5.41, 5.74) is 0.0943. The molecule has 2 atom stereocenters. The van der Waals surface area contributed by atoms with E-state index in [2.05, 4.69) is 13.8 Å². The number of hydrogen-bond donors (Lipinski definition) is 0. The minimum Gasteiger partial charge on any atom is -0.350 e. The molecule has 0 aromatic carbocycles. The molecule has 0 aromatic heterocycles. The van der Waals surface area contributed by atoms with Gasteiger partial charge in [-0.25, -0.2) is 0 Å². The van der Waals surface area contributed by atoms with Gasteiger partial charge in [-0.2, -0.15) is 0 Å². The number of rotatable bonds is 2. The van der Waals surface area contributed by atoms with Crippen molar-refractivity contribution >= 4 is 0 Å². The van der Waals surface area contributed by atoms with Crippen LogP contribution >= 0.6 is 0 Å². The minimum absolute atomic E-state index is 0.0943. The third-order valence-corrected chi connectivity index (χ3v) is 2.77. The van der Waals surface area contributed by atoms with E-state index in [1.54, 1.807) is 0 Å². The van der Waals surface area contributed by atoms with Gasteiger partial charge in [0.05, 0.1) is 12.2 Å². The van der Waals surface area contributed by atoms with Gasteiger partial charge in [0.15, 0.2) is 6.29 Å². The van der Waals surface area contributed by atoms with Crippen LogP contribution in [0.15, 0.2) is 0 Å². The highest BCUT2D eigenvalue weighted by atomic mass is 16.7. The van der Waals surface area contributed by atoms with Crippen molar-refractivity contribution in [1.29, 1.82) is 0 Å². The Bertz CT molecular complexity index is 163. The highest BCUT2D eigenvalue weighted by Gasteiger charge is 2.44. The Hall–Kier alpha value is -0.0800. The summed E-state index contributed by atoms with van der Waals surface area (Å²) in [7, 11) is 0. The summed E-state index contributed by atoms with van der Waals surface area (Å²) in [6.45, 7) is 5.33. The fraction of sp³-hybridized carbons (Fsp3) is 1.00. The summed E-state index contributed by atoms with van der Waals surface area (Å²) < 4.78 is 11.4. The first-order valence-electron chi connectivity index (χ1n) is 5.00. The maximum absolute atomic E-state index is 5.87. The molecule has 2 aliphatic rings. The second-order valence-electron chi connectivity index (χ2n) is 4.53. The molecule has 0 radical (unpaired) electrons. The summed E-state index contributed by atoms with van der Waals surface area (Å²) >= 11 is 0. The van der Waals surface area contributed by atoms with Crippen LogP contribution < -0.4 is 0 Å². The van der Waals surface area contributed by atoms with Crippen LogP contribution in [0.3, 0.4) is 0 Å². The summed E-state index contributed by atoms with van der Waals surface area (Å²) in [5, 5.41) is 0. The molecule has 0 amide bonds. The van der Waals surface area contributed by atoms with Crippen LogP contribution in [0, 0.1) is 5.92 Å². The normalized spacial score (nSPS) is 40.8. The molecule has 0 aliphatic carbocycles. The van der Waals surface area contributed by atoms with Gasteiger partial charge < -0.3 is 9.47 Å². The molecule has 2 fully saturated rings. The van der Waals surface area contributed by atoms with Crippen molar-refractivity contribution in [2.75, 3.05) is 6.61 Å². The van der Waals surface area contributed by atoms with Gasteiger partial charge in [0, 0.05) is 0 Å². The average molecular weight is 170 g/mol. The molecule has 2 bridgehead atoms. The molecule has 2 unspecified atom stereocenters. The molecule has 2 rings (SSSR count). The largest absolute Gasteiger partial charge is 0.350 e. The molecule has 70 valence electrons. The highest BCUT2D eigenvalue weighted by molar-refractivity contribution is 4.89. The van der Waals surface area contributed by atoms with Crippen LogP contribution in [0.2, 0.25) is 0 Å². The zero-order valence-electron chi connectivity index (χ0n) is 8.01. The first-order valence-corrected chi connectivity index (χ1v) is 5.00. The van der Waals surface area contributed by atoms with Gasteiger partial charge in [0.1, 0.15) is 0 Å². The molecule has 2 aliphatic heterocycles. The lowest BCUT2D eigenvalue weighted by Crippen LogP contribution is -2.36. The van der Waals surface area contributed by atoms with Gasteiger partial charge in [-0.15, -0.1) is 0 Å². The number of hydrogen-bond acceptors (Lipinski definition) is 2. The van der Waals surface area contributed by atoms with Crippen molar-refractivity contribution in [3.63, 3.8) is 0 Å². The monoisotopic (exact) mass is 170 g/mol. The fourth-order valence-corrected chi connectivity index (χ4v) is 2.41. The van der Waals surface area contributed by atoms with E-state index in [4.69, 9.17) is 9.47 Å². The van der Waals surface area contributed by atoms with Crippen LogP contribution in [-0.2, 0) is 9.47 Å². The maximum atomic E-state index is 5.87. The van der Waals surface area contributed by atoms with E-state index in [0.717, 1.165) is 19.4 Å². The lowest BCUT2D eigenvalue weighted by Gasteiger charge is -2.32. The fourth-order valence-electron chi connectivity index (χ4n) is 2.41. The molecule has 2 heteroatoms. The summed E-state index contributed by atoms with van der Waals surface area (Å²) in [6.07, 6.45) is 4.85. The Morgan fingerprint density at radius 1 is 1.50 bits per heavy atom. The standard InChI is InChI=1S/C10H18O2/c1-8(2)6-10-5-3-4-9(12-10)11-7-10/h8-9H,3-7H2,1-2H3. The van der Waals surface area contributed by atoms with E-state index in [1.165, 1.54) is 12.8 Å². The van der Waals surface area contributed by atoms with Gasteiger partial charge in [-0.3, -0.25) is 0 Å². The van der Waals surface area contributed by atoms with Crippen LogP contribution in [-0.4, -0.2) is 18.5 Å². The quantitative estimate of drug-likeness (QED) is 0.633. The third-order valence-electron chi connectivity index (χ3n) is 2.77. The average Bonchev–Trinajstić information content (AvgIpc) is 2.25. The minimum atomic E-state index is 0.0943. The smallest absolute Gasteiger partial charge is 0.158 e. The first-order chi connectivity index (χ1) is 5.70. The molecular formula is C10H18O2. The highest BCUT2D eigenvalue weighted by Crippen LogP contribution is 2.39. The lowest BCUT2D eigenvalue weighted by molar-refractivity contribution is -0.125. The first kappa shape index (κ1) is 8.52. The molecule has 12 heavy (non-hydrogen) atoms. The number of ether oxygens (including phenoxy) is 2. The van der Waals surface area contributed by atoms with Crippen LogP contribution in [0.5, 0.6) is 0 Å². The Balaban J connectivity index is 2.00. The Labute approximate surface area is 74.2 Å². The van der Waals surface area contributed by atoms with Crippen LogP contribution in [0.4, 0.5) is 0 Å². The van der Waals surface area contributed by atoms with Crippen molar-refractivity contribution in [3.8, 4) is 0 Å². The van der Waals surface area contributed by atoms with Crippen LogP contribution in [0.1, 0.15) is 39.5 Å². The SMILES string of the molecule is CC(C)CC12CCCC(OC1)O2. The molecule has 2 nitrogen and oxygen atoms in total. The van der Waals surface area contributed by atoms with Gasteiger partial charge in [0.25, 0.3) is 0 Å². The summed E-state index contributed by atoms with van der Waals surface area (Å²) in [5.74, 6) is 0.713. The van der Waals surface area contributed by atoms with Crippen molar-refractivity contribution < 1.29 is 9.47 Å². The van der Waals surface area contributed by atoms with Crippen molar-refractivity contribution in [1.82, 2.24) is 0 Å². The van der Waals surface area contributed by atoms with Gasteiger partial charge in [0.2, 0.25) is 0 Å². The molecule has 2 saturated heterocycles. The molecule has 0 saturated carbocycles. The maximum Gasteiger partial charge on any atom is 0.158 e. The van der Waals surface area contributed by atoms with E-state index in [9.17, 15) is 0 Å². The molecule has 0 aromatic rings. The number of fused-ring (bicyclic) bond motifs is 2. The van der Waals surface area contributed by atoms with Gasteiger partial charge >= 0.3 is 0 Å². The van der Waals surface area contributed by atoms with Gasteiger partial charge in [-0.1, -0.05) is 13.8 Å². The van der Waals surface area contributed by atoms with E-state index >= 15 is 0 Å². The Kier molecular flexibility index (Phi) is 2.13. The second kappa shape index (κ2) is 3.00. The van der Waals surface area contributed by atoms with E-state index in [0.29, 0.717) is 5.92 Å². The zero-order valence-corrected chi connectivity index (χ0v) is 8.01. The Morgan fingerprint density at radius 3 is 3.08 bits per heavy atom. The van der Waals surface area contributed by atoms with Crippen molar-refractivity contribution in [2.45, 2.75) is 51.4 Å². The predicted molar refractivity (Wildman–Crippen MR) is 46.9 cm³/mol. The summed E-state index contributed by atoms with van der Waals surface area (Å²) in [4.78, 5) is 0. The summed E-state index contributed by atoms with van der Waals surface area (Å²) in [6, 6.07) is 0. The molecule has 0 N–H and O–H groups in total. The topological polar surface area (TPSA) is 18.5 Å². The molecule has 2 heterocycles. The zero-order chi connectivity index (χ0) is 8.60. The predicted octanol–water partition coefficient (Wildman–Crippen LogP) is 2.33. The van der Waals surface area contributed by atoms with E-state index in [-0.39, 0.29) is 11.9 Å². The third kappa shape index (κ3) is 1.50. The molecular weight excluding hydrogens is 152 g/mol. The lowest BCUT2D eigenvalue weighted by atomic mass is 9.87. The van der Waals surface area contributed by atoms with Crippen molar-refractivity contribution in [3.05, 3.63) is 0 Å². The Morgan fingerprint density at radius 2 is 2.33 bits per heavy atom. The van der Waals surface area contributed by atoms with E-state index < -0.39 is 0 Å². The second-order valence-corrected chi connectivity index (χ2v) is 4.53. The van der Waals surface area contributed by atoms with Crippen LogP contribution in [0.25, 0.3) is 0 Å². The van der Waals surface area contributed by atoms with E-state index in [1.807, 2.05) is 0 Å². The molecule has 0 spiro atoms. The van der Waals surface area contributed by atoms with Gasteiger partial charge in [-0.05, 0) is 31.6 Å².